The summed E-state index contributed by atoms with van der Waals surface area (Å²) in [6, 6.07) is 22.7. The van der Waals surface area contributed by atoms with Crippen LogP contribution in [0.25, 0.3) is 21.7 Å². The van der Waals surface area contributed by atoms with Crippen LogP contribution < -0.4 is 5.32 Å². The van der Waals surface area contributed by atoms with Gasteiger partial charge in [0.2, 0.25) is 5.91 Å². The molecule has 0 spiro atoms. The van der Waals surface area contributed by atoms with Crippen LogP contribution in [0.15, 0.2) is 77.4 Å². The van der Waals surface area contributed by atoms with Crippen molar-refractivity contribution in [2.75, 3.05) is 26.2 Å². The summed E-state index contributed by atoms with van der Waals surface area (Å²) in [6.45, 7) is 3.83. The monoisotopic (exact) mass is 414 g/mol. The van der Waals surface area contributed by atoms with Gasteiger partial charge in [-0.15, -0.1) is 0 Å². The van der Waals surface area contributed by atoms with Crippen molar-refractivity contribution in [2.24, 2.45) is 0 Å². The molecule has 1 N–H and O–H groups in total. The largest absolute Gasteiger partial charge is 0.464 e. The molecule has 0 unspecified atom stereocenters. The summed E-state index contributed by atoms with van der Waals surface area (Å²) in [4.78, 5) is 15.1. The normalized spacial score (nSPS) is 17.2. The Morgan fingerprint density at radius 1 is 1.03 bits per heavy atom. The van der Waals surface area contributed by atoms with Crippen LogP contribution in [-0.4, -0.2) is 43.2 Å². The van der Waals surface area contributed by atoms with E-state index < -0.39 is 0 Å². The highest BCUT2D eigenvalue weighted by molar-refractivity contribution is 6.08. The van der Waals surface area contributed by atoms with Crippen LogP contribution in [0.2, 0.25) is 0 Å². The van der Waals surface area contributed by atoms with Gasteiger partial charge < -0.3 is 14.5 Å². The molecule has 5 nitrogen and oxygen atoms in total. The molecule has 1 aromatic heterocycles. The summed E-state index contributed by atoms with van der Waals surface area (Å²) in [5.41, 5.74) is 3.03. The van der Waals surface area contributed by atoms with Crippen molar-refractivity contribution in [1.29, 1.82) is 0 Å². The molecule has 4 aromatic rings. The highest BCUT2D eigenvalue weighted by Gasteiger charge is 2.21. The van der Waals surface area contributed by atoms with E-state index in [4.69, 9.17) is 9.15 Å². The summed E-state index contributed by atoms with van der Waals surface area (Å²) < 4.78 is 11.6. The first-order valence-corrected chi connectivity index (χ1v) is 10.8. The molecule has 1 atom stereocenters. The molecule has 1 fully saturated rings. The van der Waals surface area contributed by atoms with Crippen LogP contribution in [0.5, 0.6) is 0 Å². The third kappa shape index (κ3) is 4.48. The van der Waals surface area contributed by atoms with Crippen LogP contribution in [0, 0.1) is 0 Å². The van der Waals surface area contributed by atoms with Gasteiger partial charge >= 0.3 is 0 Å². The van der Waals surface area contributed by atoms with Gasteiger partial charge in [0.25, 0.3) is 0 Å². The zero-order valence-electron chi connectivity index (χ0n) is 17.4. The van der Waals surface area contributed by atoms with Crippen molar-refractivity contribution in [3.8, 4) is 0 Å². The van der Waals surface area contributed by atoms with Crippen LogP contribution in [0.4, 0.5) is 0 Å². The zero-order chi connectivity index (χ0) is 21.0. The minimum atomic E-state index is -0.0144. The van der Waals surface area contributed by atoms with Crippen molar-refractivity contribution >= 4 is 27.6 Å². The zero-order valence-corrected chi connectivity index (χ0v) is 17.4. The maximum atomic E-state index is 12.7. The molecule has 1 aliphatic heterocycles. The Balaban J connectivity index is 1.20. The van der Waals surface area contributed by atoms with Gasteiger partial charge in [-0.25, -0.2) is 0 Å². The molecular formula is C26H26N2O3. The predicted octanol–water partition coefficient (Wildman–Crippen LogP) is 4.15. The maximum Gasteiger partial charge on any atom is 0.224 e. The van der Waals surface area contributed by atoms with Gasteiger partial charge in [-0.2, -0.15) is 0 Å². The van der Waals surface area contributed by atoms with Crippen molar-refractivity contribution in [3.05, 3.63) is 84.1 Å². The van der Waals surface area contributed by atoms with Gasteiger partial charge in [-0.3, -0.25) is 9.69 Å². The van der Waals surface area contributed by atoms with Gasteiger partial charge in [0.05, 0.1) is 25.4 Å². The lowest BCUT2D eigenvalue weighted by Gasteiger charge is -2.33. The second-order valence-corrected chi connectivity index (χ2v) is 8.12. The Labute approximate surface area is 181 Å². The first-order chi connectivity index (χ1) is 15.3. The predicted molar refractivity (Wildman–Crippen MR) is 122 cm³/mol. The Morgan fingerprint density at radius 2 is 1.87 bits per heavy atom. The average Bonchev–Trinajstić information content (AvgIpc) is 3.22. The van der Waals surface area contributed by atoms with Crippen molar-refractivity contribution in [3.63, 3.8) is 0 Å². The van der Waals surface area contributed by atoms with E-state index in [1.807, 2.05) is 30.3 Å². The second kappa shape index (κ2) is 8.92. The van der Waals surface area contributed by atoms with Gasteiger partial charge in [-0.1, -0.05) is 60.7 Å². The van der Waals surface area contributed by atoms with E-state index in [1.165, 1.54) is 5.56 Å². The molecule has 0 aliphatic carbocycles. The minimum Gasteiger partial charge on any atom is -0.464 e. The third-order valence-electron chi connectivity index (χ3n) is 5.89. The summed E-state index contributed by atoms with van der Waals surface area (Å²) in [5, 5.41) is 6.34. The lowest BCUT2D eigenvalue weighted by Crippen LogP contribution is -2.47. The SMILES string of the molecule is O=C(Cc1coc2ccc3ccccc3c12)NC[C@@H]1CN(Cc2ccccc2)CCO1. The maximum absolute atomic E-state index is 12.7. The van der Waals surface area contributed by atoms with Crippen molar-refractivity contribution < 1.29 is 13.9 Å². The Morgan fingerprint density at radius 3 is 2.77 bits per heavy atom. The molecule has 0 bridgehead atoms. The van der Waals surface area contributed by atoms with Crippen LogP contribution in [-0.2, 0) is 22.5 Å². The van der Waals surface area contributed by atoms with Gasteiger partial charge in [0.15, 0.2) is 0 Å². The molecule has 5 heteroatoms. The number of furan rings is 1. The van der Waals surface area contributed by atoms with E-state index in [9.17, 15) is 4.79 Å². The number of amides is 1. The lowest BCUT2D eigenvalue weighted by molar-refractivity contribution is -0.121. The Bertz CT molecular complexity index is 1190. The molecular weight excluding hydrogens is 388 g/mol. The van der Waals surface area contributed by atoms with Crippen molar-refractivity contribution in [2.45, 2.75) is 19.1 Å². The highest BCUT2D eigenvalue weighted by Crippen LogP contribution is 2.30. The van der Waals surface area contributed by atoms with Crippen LogP contribution >= 0.6 is 0 Å². The van der Waals surface area contributed by atoms with Crippen LogP contribution in [0.1, 0.15) is 11.1 Å². The number of morpholine rings is 1. The number of rotatable bonds is 6. The molecule has 1 amide bonds. The Hall–Kier alpha value is -3.15. The van der Waals surface area contributed by atoms with E-state index in [1.54, 1.807) is 6.26 Å². The number of nitrogens with one attached hydrogen (secondary N) is 1. The molecule has 5 rings (SSSR count). The third-order valence-corrected chi connectivity index (χ3v) is 5.89. The lowest BCUT2D eigenvalue weighted by atomic mass is 10.0. The fourth-order valence-corrected chi connectivity index (χ4v) is 4.36. The van der Waals surface area contributed by atoms with E-state index in [0.717, 1.165) is 46.9 Å². The number of carbonyl (C=O) groups excluding carboxylic acids is 1. The number of benzene rings is 3. The fourth-order valence-electron chi connectivity index (χ4n) is 4.36. The first-order valence-electron chi connectivity index (χ1n) is 10.8. The molecule has 2 heterocycles. The standard InChI is InChI=1S/C26H26N2O3/c29-25(14-21-18-31-24-11-10-20-8-4-5-9-23(20)26(21)24)27-15-22-17-28(12-13-30-22)16-19-6-2-1-3-7-19/h1-11,18,22H,12-17H2,(H,27,29)/t22-/m1/s1. The molecule has 1 aliphatic rings. The first kappa shape index (κ1) is 19.8. The minimum absolute atomic E-state index is 0.00309. The Kier molecular flexibility index (Phi) is 5.69. The topological polar surface area (TPSA) is 54.7 Å². The average molecular weight is 415 g/mol. The quantitative estimate of drug-likeness (QED) is 0.515. The smallest absolute Gasteiger partial charge is 0.224 e. The number of nitrogens with zero attached hydrogens (tertiary/aromatic N) is 1. The molecule has 0 radical (unpaired) electrons. The molecule has 31 heavy (non-hydrogen) atoms. The van der Waals surface area contributed by atoms with E-state index in [0.29, 0.717) is 19.6 Å². The number of carbonyl (C=O) groups is 1. The van der Waals surface area contributed by atoms with Crippen molar-refractivity contribution in [1.82, 2.24) is 10.2 Å². The van der Waals surface area contributed by atoms with E-state index in [2.05, 4.69) is 46.6 Å². The number of hydrogen-bond acceptors (Lipinski definition) is 4. The molecule has 0 saturated carbocycles. The summed E-state index contributed by atoms with van der Waals surface area (Å²) in [6.07, 6.45) is 2.00. The highest BCUT2D eigenvalue weighted by atomic mass is 16.5. The summed E-state index contributed by atoms with van der Waals surface area (Å²) in [5.74, 6) is -0.0144. The second-order valence-electron chi connectivity index (χ2n) is 8.12. The van der Waals surface area contributed by atoms with Gasteiger partial charge in [0.1, 0.15) is 5.58 Å². The molecule has 158 valence electrons. The fraction of sp³-hybridized carbons (Fsp3) is 0.269. The van der Waals surface area contributed by atoms with Gasteiger partial charge in [0, 0.05) is 37.1 Å². The number of hydrogen-bond donors (Lipinski definition) is 1. The van der Waals surface area contributed by atoms with E-state index in [-0.39, 0.29) is 12.0 Å². The molecule has 3 aromatic carbocycles. The summed E-state index contributed by atoms with van der Waals surface area (Å²) in [7, 11) is 0. The van der Waals surface area contributed by atoms with Gasteiger partial charge in [-0.05, 0) is 22.4 Å². The number of fused-ring (bicyclic) bond motifs is 3. The summed E-state index contributed by atoms with van der Waals surface area (Å²) >= 11 is 0. The molecule has 1 saturated heterocycles. The number of ether oxygens (including phenoxy) is 1. The van der Waals surface area contributed by atoms with E-state index >= 15 is 0 Å². The van der Waals surface area contributed by atoms with Crippen LogP contribution in [0.3, 0.4) is 0 Å².